The largest absolute Gasteiger partial charge is 0.305 e. The van der Waals surface area contributed by atoms with Crippen molar-refractivity contribution in [1.82, 2.24) is 5.32 Å². The second-order valence-electron chi connectivity index (χ2n) is 4.84. The molecule has 3 aromatic heterocycles. The molecule has 1 atom stereocenters. The van der Waals surface area contributed by atoms with E-state index in [4.69, 9.17) is 0 Å². The summed E-state index contributed by atoms with van der Waals surface area (Å²) >= 11 is 5.72. The summed E-state index contributed by atoms with van der Waals surface area (Å²) in [5, 5.41) is 5.90. The quantitative estimate of drug-likeness (QED) is 0.616. The molecule has 0 bridgehead atoms. The topological polar surface area (TPSA) is 12.0 Å². The highest BCUT2D eigenvalue weighted by molar-refractivity contribution is 7.27. The van der Waals surface area contributed by atoms with Gasteiger partial charge >= 0.3 is 0 Å². The van der Waals surface area contributed by atoms with Gasteiger partial charge in [0, 0.05) is 24.0 Å². The van der Waals surface area contributed by atoms with Crippen LogP contribution in [0, 0.1) is 0 Å². The smallest absolute Gasteiger partial charge is 0.0765 e. The van der Waals surface area contributed by atoms with Crippen LogP contribution in [0.25, 0.3) is 9.40 Å². The van der Waals surface area contributed by atoms with Crippen LogP contribution < -0.4 is 5.32 Å². The molecule has 0 aliphatic heterocycles. The zero-order chi connectivity index (χ0) is 13.9. The molecule has 0 radical (unpaired) electrons. The van der Waals surface area contributed by atoms with Crippen LogP contribution in [0.5, 0.6) is 0 Å². The van der Waals surface area contributed by atoms with Crippen molar-refractivity contribution < 1.29 is 0 Å². The lowest BCUT2D eigenvalue weighted by Gasteiger charge is -2.15. The van der Waals surface area contributed by atoms with E-state index in [1.165, 1.54) is 30.5 Å². The Kier molecular flexibility index (Phi) is 4.56. The molecule has 3 heterocycles. The Morgan fingerprint density at radius 1 is 1.05 bits per heavy atom. The number of hydrogen-bond donors (Lipinski definition) is 1. The number of thiophene rings is 3. The highest BCUT2D eigenvalue weighted by atomic mass is 32.1. The van der Waals surface area contributed by atoms with Gasteiger partial charge in [-0.1, -0.05) is 13.8 Å². The predicted octanol–water partition coefficient (Wildman–Crippen LogP) is 5.68. The SMILES string of the molecule is CCCNC(c1ccc(CC)s1)c1cc2sccc2s1. The molecule has 106 valence electrons. The minimum atomic E-state index is 0.366. The molecule has 1 nitrogen and oxygen atoms in total. The van der Waals surface area contributed by atoms with Crippen LogP contribution in [0.4, 0.5) is 0 Å². The Morgan fingerprint density at radius 3 is 2.65 bits per heavy atom. The monoisotopic (exact) mass is 321 g/mol. The molecular formula is C16H19NS3. The minimum absolute atomic E-state index is 0.366. The van der Waals surface area contributed by atoms with Crippen LogP contribution in [-0.4, -0.2) is 6.54 Å². The molecule has 0 aliphatic carbocycles. The first-order valence-electron chi connectivity index (χ1n) is 7.10. The van der Waals surface area contributed by atoms with E-state index in [2.05, 4.69) is 48.8 Å². The molecule has 3 rings (SSSR count). The van der Waals surface area contributed by atoms with Gasteiger partial charge in [-0.05, 0) is 49.0 Å². The molecule has 0 fully saturated rings. The van der Waals surface area contributed by atoms with Gasteiger partial charge in [0.15, 0.2) is 0 Å². The van der Waals surface area contributed by atoms with Crippen LogP contribution in [-0.2, 0) is 6.42 Å². The van der Waals surface area contributed by atoms with Gasteiger partial charge in [0.1, 0.15) is 0 Å². The molecule has 3 aromatic rings. The first-order valence-corrected chi connectivity index (χ1v) is 9.62. The van der Waals surface area contributed by atoms with Crippen molar-refractivity contribution in [2.75, 3.05) is 6.54 Å². The van der Waals surface area contributed by atoms with Gasteiger partial charge in [-0.2, -0.15) is 0 Å². The fraction of sp³-hybridized carbons (Fsp3) is 0.375. The van der Waals surface area contributed by atoms with E-state index in [-0.39, 0.29) is 0 Å². The van der Waals surface area contributed by atoms with Crippen molar-refractivity contribution in [2.24, 2.45) is 0 Å². The first-order chi connectivity index (χ1) is 9.81. The average Bonchev–Trinajstić information content (AvgIpc) is 3.14. The lowest BCUT2D eigenvalue weighted by molar-refractivity contribution is 0.613. The van der Waals surface area contributed by atoms with Crippen LogP contribution in [0.1, 0.15) is 40.9 Å². The zero-order valence-electron chi connectivity index (χ0n) is 11.8. The molecule has 0 saturated heterocycles. The Morgan fingerprint density at radius 2 is 1.95 bits per heavy atom. The summed E-state index contributed by atoms with van der Waals surface area (Å²) in [6, 6.07) is 9.53. The van der Waals surface area contributed by atoms with E-state index in [9.17, 15) is 0 Å². The van der Waals surface area contributed by atoms with Crippen molar-refractivity contribution in [1.29, 1.82) is 0 Å². The maximum absolute atomic E-state index is 3.72. The Bertz CT molecular complexity index is 648. The molecular weight excluding hydrogens is 302 g/mol. The molecule has 0 spiro atoms. The van der Waals surface area contributed by atoms with Gasteiger partial charge in [-0.25, -0.2) is 0 Å². The third-order valence-electron chi connectivity index (χ3n) is 3.36. The van der Waals surface area contributed by atoms with Crippen LogP contribution in [0.15, 0.2) is 29.6 Å². The van der Waals surface area contributed by atoms with E-state index in [0.29, 0.717) is 6.04 Å². The van der Waals surface area contributed by atoms with Crippen molar-refractivity contribution in [3.05, 3.63) is 44.3 Å². The first kappa shape index (κ1) is 14.3. The molecule has 20 heavy (non-hydrogen) atoms. The number of nitrogens with one attached hydrogen (secondary N) is 1. The summed E-state index contributed by atoms with van der Waals surface area (Å²) in [4.78, 5) is 4.37. The van der Waals surface area contributed by atoms with Crippen molar-refractivity contribution in [2.45, 2.75) is 32.7 Å². The van der Waals surface area contributed by atoms with E-state index < -0.39 is 0 Å². The molecule has 1 N–H and O–H groups in total. The van der Waals surface area contributed by atoms with Crippen LogP contribution >= 0.6 is 34.0 Å². The molecule has 0 saturated carbocycles. The fourth-order valence-electron chi connectivity index (χ4n) is 2.30. The summed E-state index contributed by atoms with van der Waals surface area (Å²) in [6.07, 6.45) is 2.30. The molecule has 1 unspecified atom stereocenters. The second-order valence-corrected chi connectivity index (χ2v) is 8.11. The van der Waals surface area contributed by atoms with Crippen molar-refractivity contribution >= 4 is 43.4 Å². The Balaban J connectivity index is 1.94. The third-order valence-corrected chi connectivity index (χ3v) is 6.81. The summed E-state index contributed by atoms with van der Waals surface area (Å²) in [5.74, 6) is 0. The third kappa shape index (κ3) is 2.84. The van der Waals surface area contributed by atoms with Gasteiger partial charge < -0.3 is 5.32 Å². The maximum atomic E-state index is 3.72. The number of hydrogen-bond acceptors (Lipinski definition) is 4. The second kappa shape index (κ2) is 6.39. The number of aryl methyl sites for hydroxylation is 1. The molecule has 0 aromatic carbocycles. The highest BCUT2D eigenvalue weighted by Crippen LogP contribution is 2.37. The number of rotatable bonds is 6. The lowest BCUT2D eigenvalue weighted by atomic mass is 10.2. The van der Waals surface area contributed by atoms with Gasteiger partial charge in [0.25, 0.3) is 0 Å². The van der Waals surface area contributed by atoms with Crippen molar-refractivity contribution in [3.63, 3.8) is 0 Å². The summed E-state index contributed by atoms with van der Waals surface area (Å²) in [7, 11) is 0. The Hall–Kier alpha value is -0.680. The van der Waals surface area contributed by atoms with Gasteiger partial charge in [-0.15, -0.1) is 34.0 Å². The van der Waals surface area contributed by atoms with E-state index >= 15 is 0 Å². The fourth-order valence-corrected chi connectivity index (χ4v) is 5.63. The normalized spacial score (nSPS) is 13.1. The number of fused-ring (bicyclic) bond motifs is 1. The maximum Gasteiger partial charge on any atom is 0.0765 e. The standard InChI is InChI=1S/C16H19NS3/c1-3-8-17-16(13-6-5-11(4-2)19-13)15-10-14-12(20-15)7-9-18-14/h5-7,9-10,16-17H,3-4,8H2,1-2H3. The molecule has 0 aliphatic rings. The lowest BCUT2D eigenvalue weighted by Crippen LogP contribution is -2.21. The van der Waals surface area contributed by atoms with E-state index in [1.807, 2.05) is 34.0 Å². The summed E-state index contributed by atoms with van der Waals surface area (Å²) in [6.45, 7) is 5.52. The van der Waals surface area contributed by atoms with E-state index in [0.717, 1.165) is 13.0 Å². The minimum Gasteiger partial charge on any atom is -0.305 e. The predicted molar refractivity (Wildman–Crippen MR) is 93.5 cm³/mol. The molecule has 0 amide bonds. The van der Waals surface area contributed by atoms with Gasteiger partial charge in [0.05, 0.1) is 6.04 Å². The molecule has 4 heteroatoms. The van der Waals surface area contributed by atoms with E-state index in [1.54, 1.807) is 0 Å². The van der Waals surface area contributed by atoms with Crippen LogP contribution in [0.2, 0.25) is 0 Å². The highest BCUT2D eigenvalue weighted by Gasteiger charge is 2.18. The van der Waals surface area contributed by atoms with Gasteiger partial charge in [0.2, 0.25) is 0 Å². The summed E-state index contributed by atoms with van der Waals surface area (Å²) < 4.78 is 2.83. The van der Waals surface area contributed by atoms with Gasteiger partial charge in [-0.3, -0.25) is 0 Å². The van der Waals surface area contributed by atoms with Crippen molar-refractivity contribution in [3.8, 4) is 0 Å². The zero-order valence-corrected chi connectivity index (χ0v) is 14.3. The van der Waals surface area contributed by atoms with Crippen LogP contribution in [0.3, 0.4) is 0 Å². The summed E-state index contributed by atoms with van der Waals surface area (Å²) in [5.41, 5.74) is 0. The average molecular weight is 322 g/mol. The Labute approximate surface area is 132 Å².